The molecule has 0 heterocycles. The van der Waals surface area contributed by atoms with Crippen molar-refractivity contribution >= 4 is 5.91 Å². The molecule has 1 saturated carbocycles. The van der Waals surface area contributed by atoms with Crippen LogP contribution in [0.1, 0.15) is 32.6 Å². The van der Waals surface area contributed by atoms with E-state index in [9.17, 15) is 18.0 Å². The van der Waals surface area contributed by atoms with Gasteiger partial charge in [-0.3, -0.25) is 4.79 Å². The van der Waals surface area contributed by atoms with Gasteiger partial charge in [0.1, 0.15) is 0 Å². The normalized spacial score (nSPS) is 29.1. The molecule has 1 rings (SSSR count). The van der Waals surface area contributed by atoms with E-state index in [1.165, 1.54) is 11.9 Å². The van der Waals surface area contributed by atoms with E-state index in [1.807, 2.05) is 6.92 Å². The van der Waals surface area contributed by atoms with Crippen molar-refractivity contribution in [3.63, 3.8) is 0 Å². The van der Waals surface area contributed by atoms with Crippen LogP contribution >= 0.6 is 0 Å². The highest BCUT2D eigenvalue weighted by Gasteiger charge is 2.33. The van der Waals surface area contributed by atoms with Crippen LogP contribution < -0.4 is 5.73 Å². The highest BCUT2D eigenvalue weighted by Crippen LogP contribution is 2.29. The van der Waals surface area contributed by atoms with Crippen molar-refractivity contribution in [2.45, 2.75) is 44.8 Å². The minimum absolute atomic E-state index is 0.106. The summed E-state index contributed by atoms with van der Waals surface area (Å²) in [6, 6.07) is 0.106. The smallest absolute Gasteiger partial charge is 0.345 e. The van der Waals surface area contributed by atoms with Crippen molar-refractivity contribution in [1.29, 1.82) is 0 Å². The summed E-state index contributed by atoms with van der Waals surface area (Å²) in [7, 11) is 1.44. The molecule has 0 radical (unpaired) electrons. The number of hydrogen-bond acceptors (Lipinski definition) is 2. The summed E-state index contributed by atoms with van der Waals surface area (Å²) in [5.41, 5.74) is 5.86. The first-order valence-corrected chi connectivity index (χ1v) is 6.28. The maximum Gasteiger partial charge on any atom is 0.390 e. The molecule has 0 aliphatic heterocycles. The minimum atomic E-state index is -4.21. The van der Waals surface area contributed by atoms with Gasteiger partial charge in [-0.05, 0) is 25.2 Å². The van der Waals surface area contributed by atoms with Crippen molar-refractivity contribution in [2.24, 2.45) is 17.6 Å². The fourth-order valence-corrected chi connectivity index (χ4v) is 2.36. The fourth-order valence-electron chi connectivity index (χ4n) is 2.36. The van der Waals surface area contributed by atoms with Crippen LogP contribution in [-0.4, -0.2) is 36.6 Å². The average molecular weight is 266 g/mol. The van der Waals surface area contributed by atoms with Gasteiger partial charge in [0.2, 0.25) is 5.91 Å². The molecule has 0 spiro atoms. The van der Waals surface area contributed by atoms with Gasteiger partial charge < -0.3 is 10.6 Å². The lowest BCUT2D eigenvalue weighted by Gasteiger charge is -2.33. The zero-order chi connectivity index (χ0) is 13.9. The van der Waals surface area contributed by atoms with E-state index in [1.54, 1.807) is 0 Å². The highest BCUT2D eigenvalue weighted by atomic mass is 19.4. The SMILES string of the molecule is CC1CC(C(=O)N(C)CCC(F)(F)F)CCC1N. The largest absolute Gasteiger partial charge is 0.390 e. The Kier molecular flexibility index (Phi) is 5.01. The molecule has 2 N–H and O–H groups in total. The van der Waals surface area contributed by atoms with Gasteiger partial charge in [0.15, 0.2) is 0 Å². The molecule has 0 aromatic carbocycles. The zero-order valence-electron chi connectivity index (χ0n) is 10.8. The molecule has 1 fully saturated rings. The van der Waals surface area contributed by atoms with E-state index in [-0.39, 0.29) is 30.3 Å². The number of nitrogens with two attached hydrogens (primary N) is 1. The van der Waals surface area contributed by atoms with E-state index >= 15 is 0 Å². The van der Waals surface area contributed by atoms with Gasteiger partial charge in [-0.15, -0.1) is 0 Å². The fraction of sp³-hybridized carbons (Fsp3) is 0.917. The van der Waals surface area contributed by atoms with E-state index in [0.717, 1.165) is 6.42 Å². The number of alkyl halides is 3. The summed E-state index contributed by atoms with van der Waals surface area (Å²) >= 11 is 0. The Morgan fingerprint density at radius 1 is 1.39 bits per heavy atom. The average Bonchev–Trinajstić information content (AvgIpc) is 2.27. The number of nitrogens with zero attached hydrogens (tertiary/aromatic N) is 1. The predicted molar refractivity (Wildman–Crippen MR) is 62.8 cm³/mol. The lowest BCUT2D eigenvalue weighted by atomic mass is 9.79. The molecule has 1 amide bonds. The van der Waals surface area contributed by atoms with Crippen LogP contribution in [0.25, 0.3) is 0 Å². The number of amides is 1. The standard InChI is InChI=1S/C12H21F3N2O/c1-8-7-9(3-4-10(8)16)11(18)17(2)6-5-12(13,14)15/h8-10H,3-7,16H2,1-2H3. The number of halogens is 3. The summed E-state index contributed by atoms with van der Waals surface area (Å²) in [5.74, 6) is -0.0975. The second kappa shape index (κ2) is 5.91. The molecule has 0 aromatic heterocycles. The predicted octanol–water partition coefficient (Wildman–Crippen LogP) is 2.16. The van der Waals surface area contributed by atoms with Crippen LogP contribution in [0.15, 0.2) is 0 Å². The molecule has 6 heteroatoms. The van der Waals surface area contributed by atoms with Gasteiger partial charge in [0, 0.05) is 25.6 Å². The third kappa shape index (κ3) is 4.48. The Hall–Kier alpha value is -0.780. The van der Waals surface area contributed by atoms with Crippen LogP contribution in [0.3, 0.4) is 0 Å². The number of rotatable bonds is 3. The van der Waals surface area contributed by atoms with Crippen molar-refractivity contribution in [1.82, 2.24) is 4.90 Å². The maximum absolute atomic E-state index is 12.1. The zero-order valence-corrected chi connectivity index (χ0v) is 10.8. The molecule has 3 atom stereocenters. The topological polar surface area (TPSA) is 46.3 Å². The molecule has 0 saturated heterocycles. The molecule has 106 valence electrons. The quantitative estimate of drug-likeness (QED) is 0.851. The molecule has 1 aliphatic carbocycles. The van der Waals surface area contributed by atoms with Crippen LogP contribution in [0.2, 0.25) is 0 Å². The summed E-state index contributed by atoms with van der Waals surface area (Å²) in [6.07, 6.45) is -3.03. The van der Waals surface area contributed by atoms with Gasteiger partial charge in [-0.2, -0.15) is 13.2 Å². The Balaban J connectivity index is 2.44. The Bertz CT molecular complexity index is 294. The molecule has 0 bridgehead atoms. The summed E-state index contributed by atoms with van der Waals surface area (Å²) in [5, 5.41) is 0. The third-order valence-corrected chi connectivity index (χ3v) is 3.69. The van der Waals surface area contributed by atoms with Crippen molar-refractivity contribution in [2.75, 3.05) is 13.6 Å². The van der Waals surface area contributed by atoms with Gasteiger partial charge in [-0.1, -0.05) is 6.92 Å². The van der Waals surface area contributed by atoms with E-state index < -0.39 is 12.6 Å². The van der Waals surface area contributed by atoms with E-state index in [0.29, 0.717) is 12.8 Å². The molecule has 1 aliphatic rings. The maximum atomic E-state index is 12.1. The Labute approximate surface area is 106 Å². The summed E-state index contributed by atoms with van der Waals surface area (Å²) in [6.45, 7) is 1.72. The Morgan fingerprint density at radius 2 is 2.00 bits per heavy atom. The van der Waals surface area contributed by atoms with Gasteiger partial charge in [0.05, 0.1) is 6.42 Å². The molecule has 3 unspecified atom stereocenters. The van der Waals surface area contributed by atoms with E-state index in [4.69, 9.17) is 5.73 Å². The molecule has 0 aromatic rings. The molecule has 18 heavy (non-hydrogen) atoms. The minimum Gasteiger partial charge on any atom is -0.345 e. The van der Waals surface area contributed by atoms with Crippen LogP contribution in [0, 0.1) is 11.8 Å². The second-order valence-electron chi connectivity index (χ2n) is 5.28. The van der Waals surface area contributed by atoms with Crippen LogP contribution in [0.5, 0.6) is 0 Å². The second-order valence-corrected chi connectivity index (χ2v) is 5.28. The number of carbonyl (C=O) groups is 1. The molecular weight excluding hydrogens is 245 g/mol. The number of carbonyl (C=O) groups excluding carboxylic acids is 1. The third-order valence-electron chi connectivity index (χ3n) is 3.69. The molecule has 3 nitrogen and oxygen atoms in total. The van der Waals surface area contributed by atoms with Crippen LogP contribution in [-0.2, 0) is 4.79 Å². The highest BCUT2D eigenvalue weighted by molar-refractivity contribution is 5.78. The van der Waals surface area contributed by atoms with Crippen LogP contribution in [0.4, 0.5) is 13.2 Å². The Morgan fingerprint density at radius 3 is 2.50 bits per heavy atom. The summed E-state index contributed by atoms with van der Waals surface area (Å²) in [4.78, 5) is 13.2. The lowest BCUT2D eigenvalue weighted by Crippen LogP contribution is -2.42. The lowest BCUT2D eigenvalue weighted by molar-refractivity contribution is -0.147. The van der Waals surface area contributed by atoms with Crippen molar-refractivity contribution in [3.05, 3.63) is 0 Å². The summed E-state index contributed by atoms with van der Waals surface area (Å²) < 4.78 is 36.2. The molecular formula is C12H21F3N2O. The van der Waals surface area contributed by atoms with E-state index in [2.05, 4.69) is 0 Å². The van der Waals surface area contributed by atoms with Gasteiger partial charge >= 0.3 is 6.18 Å². The first kappa shape index (κ1) is 15.3. The monoisotopic (exact) mass is 266 g/mol. The first-order chi connectivity index (χ1) is 8.20. The van der Waals surface area contributed by atoms with Gasteiger partial charge in [-0.25, -0.2) is 0 Å². The van der Waals surface area contributed by atoms with Gasteiger partial charge in [0.25, 0.3) is 0 Å². The van der Waals surface area contributed by atoms with Crippen molar-refractivity contribution in [3.8, 4) is 0 Å². The number of hydrogen-bond donors (Lipinski definition) is 1. The first-order valence-electron chi connectivity index (χ1n) is 6.28. The van der Waals surface area contributed by atoms with Crippen molar-refractivity contribution < 1.29 is 18.0 Å².